The number of carbonyl (C=O) groups excluding carboxylic acids is 2. The van der Waals surface area contributed by atoms with Crippen molar-refractivity contribution in [3.63, 3.8) is 0 Å². The molecular weight excluding hydrogens is 690 g/mol. The summed E-state index contributed by atoms with van der Waals surface area (Å²) in [5, 5.41) is 9.47. The maximum absolute atomic E-state index is 13.4. The molecule has 0 saturated heterocycles. The number of para-hydroxylation sites is 1. The number of nitrogens with zero attached hydrogens (tertiary/aromatic N) is 4. The van der Waals surface area contributed by atoms with Crippen LogP contribution >= 0.6 is 0 Å². The van der Waals surface area contributed by atoms with Crippen molar-refractivity contribution in [2.75, 3.05) is 35.0 Å². The van der Waals surface area contributed by atoms with E-state index < -0.39 is 18.0 Å². The van der Waals surface area contributed by atoms with E-state index in [9.17, 15) is 9.59 Å². The summed E-state index contributed by atoms with van der Waals surface area (Å²) in [5.74, 6) is 1.11. The molecule has 0 bridgehead atoms. The van der Waals surface area contributed by atoms with Crippen LogP contribution in [0.4, 0.5) is 0 Å². The van der Waals surface area contributed by atoms with Crippen molar-refractivity contribution in [3.05, 3.63) is 119 Å². The molecule has 0 radical (unpaired) electrons. The highest BCUT2D eigenvalue weighted by atomic mass is 16.6. The second kappa shape index (κ2) is 16.8. The molecule has 0 unspecified atom stereocenters. The Hall–Kier alpha value is -6.60. The number of aryl methyl sites for hydroxylation is 1. The van der Waals surface area contributed by atoms with Gasteiger partial charge in [-0.2, -0.15) is 0 Å². The highest BCUT2D eigenvalue weighted by Gasteiger charge is 2.19. The number of rotatable bonds is 15. The fourth-order valence-corrected chi connectivity index (χ4v) is 6.01. The fraction of sp³-hybridized carbons (Fsp3) is 0.220. The Balaban J connectivity index is 1.07. The Kier molecular flexibility index (Phi) is 11.6. The van der Waals surface area contributed by atoms with E-state index in [2.05, 4.69) is 10.3 Å². The lowest BCUT2D eigenvalue weighted by Gasteiger charge is -2.13. The molecule has 4 aromatic carbocycles. The smallest absolute Gasteiger partial charge is 0.343 e. The number of nitrogens with two attached hydrogens (primary N) is 1. The maximum Gasteiger partial charge on any atom is 0.343 e. The van der Waals surface area contributed by atoms with Crippen LogP contribution in [0.3, 0.4) is 0 Å². The summed E-state index contributed by atoms with van der Waals surface area (Å²) in [7, 11) is 8.13. The number of fused-ring (bicyclic) bond motifs is 1. The molecule has 0 aliphatic heterocycles. The summed E-state index contributed by atoms with van der Waals surface area (Å²) >= 11 is 0. The van der Waals surface area contributed by atoms with Crippen LogP contribution < -0.4 is 29.4 Å². The quantitative estimate of drug-likeness (QED) is 0.0771. The summed E-state index contributed by atoms with van der Waals surface area (Å²) < 4.78 is 36.6. The molecule has 6 aromatic rings. The van der Waals surface area contributed by atoms with E-state index in [1.54, 1.807) is 63.9 Å². The second-order valence-corrected chi connectivity index (χ2v) is 12.3. The summed E-state index contributed by atoms with van der Waals surface area (Å²) in [6, 6.07) is 22.9. The lowest BCUT2D eigenvalue weighted by molar-refractivity contribution is -0.145. The molecule has 0 spiro atoms. The Morgan fingerprint density at radius 2 is 1.52 bits per heavy atom. The van der Waals surface area contributed by atoms with Crippen molar-refractivity contribution in [2.24, 2.45) is 12.8 Å². The first kappa shape index (κ1) is 37.2. The van der Waals surface area contributed by atoms with E-state index in [0.29, 0.717) is 52.8 Å². The van der Waals surface area contributed by atoms with Gasteiger partial charge in [0.15, 0.2) is 23.0 Å². The van der Waals surface area contributed by atoms with Crippen LogP contribution in [-0.2, 0) is 29.4 Å². The number of hydrogen-bond donors (Lipinski definition) is 1. The summed E-state index contributed by atoms with van der Waals surface area (Å²) in [6.07, 6.45) is 8.13. The first-order chi connectivity index (χ1) is 26.2. The van der Waals surface area contributed by atoms with E-state index >= 15 is 0 Å². The van der Waals surface area contributed by atoms with E-state index in [1.165, 1.54) is 11.8 Å². The molecule has 2 aromatic heterocycles. The first-order valence-corrected chi connectivity index (χ1v) is 17.1. The molecule has 6 rings (SSSR count). The number of carbonyl (C=O) groups is 2. The van der Waals surface area contributed by atoms with Gasteiger partial charge in [-0.15, -0.1) is 5.10 Å². The molecule has 278 valence electrons. The van der Waals surface area contributed by atoms with Gasteiger partial charge in [0.25, 0.3) is 0 Å². The summed E-state index contributed by atoms with van der Waals surface area (Å²) in [6.45, 7) is 0.0890. The highest BCUT2D eigenvalue weighted by molar-refractivity contribution is 5.92. The molecular formula is C41H41N5O8. The van der Waals surface area contributed by atoms with Gasteiger partial charge in [0.2, 0.25) is 5.75 Å². The lowest BCUT2D eigenvalue weighted by atomic mass is 10.1. The zero-order chi connectivity index (χ0) is 38.2. The molecule has 0 saturated carbocycles. The SMILES string of the molecule is COc1ccc(/C=C\c2cc(OC)c(OC)c(OC)c2)cc1OC(=O)c1cccc(-n2cc(CCOC(=O)[C@H](N)Cc3cn(C)c4ccccc34)nn2)c1. The van der Waals surface area contributed by atoms with Gasteiger partial charge in [-0.3, -0.25) is 4.79 Å². The standard InChI is InChI=1S/C41H41N5O8/c1-45-24-29(32-11-6-7-12-34(32)45)23-33(42)41(48)53-18-17-30-25-46(44-43-30)31-10-8-9-28(22-31)40(47)54-36-19-26(15-16-35(36)49-2)13-14-27-20-37(50-3)39(52-5)38(21-27)51-4/h6-16,19-22,24-25,33H,17-18,23,42H2,1-5H3/b14-13-/t33-/m1/s1. The zero-order valence-corrected chi connectivity index (χ0v) is 30.6. The Morgan fingerprint density at radius 3 is 2.26 bits per heavy atom. The van der Waals surface area contributed by atoms with Gasteiger partial charge >= 0.3 is 11.9 Å². The van der Waals surface area contributed by atoms with Crippen molar-refractivity contribution in [1.29, 1.82) is 0 Å². The van der Waals surface area contributed by atoms with Gasteiger partial charge in [0.1, 0.15) is 6.04 Å². The zero-order valence-electron chi connectivity index (χ0n) is 30.6. The molecule has 0 fully saturated rings. The average molecular weight is 732 g/mol. The predicted octanol–water partition coefficient (Wildman–Crippen LogP) is 5.84. The molecule has 13 heteroatoms. The molecule has 13 nitrogen and oxygen atoms in total. The number of methoxy groups -OCH3 is 4. The Labute approximate surface area is 312 Å². The average Bonchev–Trinajstić information content (AvgIpc) is 3.80. The van der Waals surface area contributed by atoms with Crippen molar-refractivity contribution in [3.8, 4) is 34.4 Å². The summed E-state index contributed by atoms with van der Waals surface area (Å²) in [5.41, 5.74) is 11.3. The third kappa shape index (κ3) is 8.37. The van der Waals surface area contributed by atoms with Crippen LogP contribution in [0.15, 0.2) is 91.3 Å². The molecule has 2 N–H and O–H groups in total. The first-order valence-electron chi connectivity index (χ1n) is 17.1. The van der Waals surface area contributed by atoms with Gasteiger partial charge in [0, 0.05) is 37.0 Å². The van der Waals surface area contributed by atoms with Crippen LogP contribution in [0.1, 0.15) is 32.7 Å². The molecule has 1 atom stereocenters. The van der Waals surface area contributed by atoms with Crippen molar-refractivity contribution >= 4 is 35.0 Å². The third-order valence-electron chi connectivity index (χ3n) is 8.76. The van der Waals surface area contributed by atoms with Crippen LogP contribution in [0.2, 0.25) is 0 Å². The third-order valence-corrected chi connectivity index (χ3v) is 8.76. The van der Waals surface area contributed by atoms with Crippen molar-refractivity contribution in [2.45, 2.75) is 18.9 Å². The van der Waals surface area contributed by atoms with Crippen LogP contribution in [0.5, 0.6) is 28.7 Å². The van der Waals surface area contributed by atoms with E-state index in [-0.39, 0.29) is 12.4 Å². The number of esters is 2. The minimum Gasteiger partial charge on any atom is -0.493 e. The normalized spacial score (nSPS) is 11.7. The number of ether oxygens (including phenoxy) is 6. The fourth-order valence-electron chi connectivity index (χ4n) is 6.01. The lowest BCUT2D eigenvalue weighted by Crippen LogP contribution is -2.34. The molecule has 54 heavy (non-hydrogen) atoms. The van der Waals surface area contributed by atoms with E-state index in [4.69, 9.17) is 34.2 Å². The molecule has 2 heterocycles. The molecule has 0 aliphatic rings. The van der Waals surface area contributed by atoms with Crippen molar-refractivity contribution in [1.82, 2.24) is 19.6 Å². The van der Waals surface area contributed by atoms with E-state index in [0.717, 1.165) is 27.6 Å². The number of benzene rings is 4. The second-order valence-electron chi connectivity index (χ2n) is 12.3. The van der Waals surface area contributed by atoms with E-state index in [1.807, 2.05) is 72.4 Å². The Bertz CT molecular complexity index is 2290. The van der Waals surface area contributed by atoms with Gasteiger partial charge in [0.05, 0.1) is 58.2 Å². The van der Waals surface area contributed by atoms with Gasteiger partial charge in [-0.25, -0.2) is 9.48 Å². The monoisotopic (exact) mass is 731 g/mol. The Morgan fingerprint density at radius 1 is 0.796 bits per heavy atom. The maximum atomic E-state index is 13.4. The van der Waals surface area contributed by atoms with Gasteiger partial charge < -0.3 is 38.7 Å². The van der Waals surface area contributed by atoms with Crippen LogP contribution in [0, 0.1) is 0 Å². The van der Waals surface area contributed by atoms with Crippen LogP contribution in [0.25, 0.3) is 28.7 Å². The topological polar surface area (TPSA) is 151 Å². The highest BCUT2D eigenvalue weighted by Crippen LogP contribution is 2.39. The minimum atomic E-state index is -0.804. The van der Waals surface area contributed by atoms with Gasteiger partial charge in [-0.1, -0.05) is 47.7 Å². The summed E-state index contributed by atoms with van der Waals surface area (Å²) in [4.78, 5) is 26.1. The number of hydrogen-bond acceptors (Lipinski definition) is 11. The minimum absolute atomic E-state index is 0.0890. The molecule has 0 amide bonds. The van der Waals surface area contributed by atoms with Crippen molar-refractivity contribution < 1.29 is 38.0 Å². The predicted molar refractivity (Wildman–Crippen MR) is 204 cm³/mol. The molecule has 0 aliphatic carbocycles. The van der Waals surface area contributed by atoms with Gasteiger partial charge in [-0.05, 0) is 65.2 Å². The largest absolute Gasteiger partial charge is 0.493 e. The number of aromatic nitrogens is 4. The van der Waals surface area contributed by atoms with Crippen LogP contribution in [-0.4, -0.2) is 72.6 Å².